The summed E-state index contributed by atoms with van der Waals surface area (Å²) >= 11 is 0. The number of aromatic nitrogens is 1. The Morgan fingerprint density at radius 1 is 1.28 bits per heavy atom. The average molecular weight is 246 g/mol. The summed E-state index contributed by atoms with van der Waals surface area (Å²) < 4.78 is 18.1. The minimum Gasteiger partial charge on any atom is -0.494 e. The Morgan fingerprint density at radius 3 is 2.78 bits per heavy atom. The minimum absolute atomic E-state index is 0.238. The first-order valence-corrected chi connectivity index (χ1v) is 5.68. The van der Waals surface area contributed by atoms with E-state index in [1.165, 1.54) is 13.2 Å². The third kappa shape index (κ3) is 2.97. The molecule has 0 bridgehead atoms. The number of halogens is 1. The number of benzene rings is 1. The van der Waals surface area contributed by atoms with Crippen LogP contribution in [-0.2, 0) is 6.54 Å². The first-order chi connectivity index (χ1) is 8.69. The van der Waals surface area contributed by atoms with E-state index in [9.17, 15) is 4.39 Å². The number of nitrogens with zero attached hydrogens (tertiary/aromatic N) is 1. The summed E-state index contributed by atoms with van der Waals surface area (Å²) in [7, 11) is 1.45. The molecule has 0 unspecified atom stereocenters. The Labute approximate surface area is 106 Å². The SMILES string of the molecule is COc1cc(NCc2ccc(C)nc2)ccc1F. The predicted octanol–water partition coefficient (Wildman–Crippen LogP) is 3.15. The van der Waals surface area contributed by atoms with Gasteiger partial charge in [-0.3, -0.25) is 4.98 Å². The van der Waals surface area contributed by atoms with Crippen molar-refractivity contribution in [1.29, 1.82) is 0 Å². The Kier molecular flexibility index (Phi) is 3.77. The van der Waals surface area contributed by atoms with Crippen LogP contribution in [0.2, 0.25) is 0 Å². The quantitative estimate of drug-likeness (QED) is 0.899. The zero-order valence-electron chi connectivity index (χ0n) is 10.4. The smallest absolute Gasteiger partial charge is 0.165 e. The lowest BCUT2D eigenvalue weighted by Crippen LogP contribution is -2.01. The molecule has 0 aliphatic rings. The van der Waals surface area contributed by atoms with Crippen LogP contribution < -0.4 is 10.1 Å². The molecule has 3 nitrogen and oxygen atoms in total. The van der Waals surface area contributed by atoms with Gasteiger partial charge in [-0.1, -0.05) is 6.07 Å². The summed E-state index contributed by atoms with van der Waals surface area (Å²) in [5.74, 6) is -0.123. The molecule has 0 spiro atoms. The van der Waals surface area contributed by atoms with Crippen LogP contribution in [0, 0.1) is 12.7 Å². The van der Waals surface area contributed by atoms with Crippen molar-refractivity contribution < 1.29 is 9.13 Å². The van der Waals surface area contributed by atoms with Gasteiger partial charge in [-0.25, -0.2) is 4.39 Å². The van der Waals surface area contributed by atoms with Gasteiger partial charge in [0.25, 0.3) is 0 Å². The van der Waals surface area contributed by atoms with E-state index in [1.54, 1.807) is 12.1 Å². The molecule has 1 aromatic carbocycles. The van der Waals surface area contributed by atoms with E-state index in [4.69, 9.17) is 4.74 Å². The second kappa shape index (κ2) is 5.49. The Morgan fingerprint density at radius 2 is 2.11 bits per heavy atom. The molecular formula is C14H15FN2O. The van der Waals surface area contributed by atoms with Crippen molar-refractivity contribution in [3.63, 3.8) is 0 Å². The molecule has 0 amide bonds. The minimum atomic E-state index is -0.361. The van der Waals surface area contributed by atoms with Gasteiger partial charge in [-0.2, -0.15) is 0 Å². The highest BCUT2D eigenvalue weighted by Gasteiger charge is 2.03. The van der Waals surface area contributed by atoms with Crippen LogP contribution in [0.25, 0.3) is 0 Å². The van der Waals surface area contributed by atoms with Gasteiger partial charge in [0.1, 0.15) is 0 Å². The molecule has 0 radical (unpaired) electrons. The van der Waals surface area contributed by atoms with Gasteiger partial charge in [0.15, 0.2) is 11.6 Å². The van der Waals surface area contributed by atoms with Crippen LogP contribution in [0.3, 0.4) is 0 Å². The van der Waals surface area contributed by atoms with Crippen LogP contribution in [0.1, 0.15) is 11.3 Å². The van der Waals surface area contributed by atoms with Crippen molar-refractivity contribution >= 4 is 5.69 Å². The van der Waals surface area contributed by atoms with Crippen molar-refractivity contribution in [1.82, 2.24) is 4.98 Å². The van der Waals surface area contributed by atoms with Crippen LogP contribution >= 0.6 is 0 Å². The fourth-order valence-electron chi connectivity index (χ4n) is 1.58. The van der Waals surface area contributed by atoms with E-state index in [1.807, 2.05) is 25.3 Å². The third-order valence-corrected chi connectivity index (χ3v) is 2.62. The monoisotopic (exact) mass is 246 g/mol. The molecule has 4 heteroatoms. The lowest BCUT2D eigenvalue weighted by molar-refractivity contribution is 0.387. The number of methoxy groups -OCH3 is 1. The maximum absolute atomic E-state index is 13.2. The molecule has 0 aliphatic heterocycles. The van der Waals surface area contributed by atoms with Crippen molar-refractivity contribution in [3.8, 4) is 5.75 Å². The molecule has 2 aromatic rings. The predicted molar refractivity (Wildman–Crippen MR) is 69.3 cm³/mol. The number of pyridine rings is 1. The third-order valence-electron chi connectivity index (χ3n) is 2.62. The van der Waals surface area contributed by atoms with E-state index in [0.29, 0.717) is 6.54 Å². The molecule has 0 saturated heterocycles. The summed E-state index contributed by atoms with van der Waals surface area (Å²) in [6.07, 6.45) is 1.82. The number of rotatable bonds is 4. The van der Waals surface area contributed by atoms with Crippen LogP contribution in [0.15, 0.2) is 36.5 Å². The Hall–Kier alpha value is -2.10. The molecule has 94 valence electrons. The first kappa shape index (κ1) is 12.4. The molecule has 0 aliphatic carbocycles. The number of ether oxygens (including phenoxy) is 1. The summed E-state index contributed by atoms with van der Waals surface area (Å²) in [4.78, 5) is 4.21. The van der Waals surface area contributed by atoms with E-state index in [0.717, 1.165) is 16.9 Å². The first-order valence-electron chi connectivity index (χ1n) is 5.68. The largest absolute Gasteiger partial charge is 0.494 e. The van der Waals surface area contributed by atoms with Crippen molar-refractivity contribution in [2.24, 2.45) is 0 Å². The van der Waals surface area contributed by atoms with Crippen LogP contribution in [0.4, 0.5) is 10.1 Å². The summed E-state index contributed by atoms with van der Waals surface area (Å²) in [5.41, 5.74) is 2.87. The van der Waals surface area contributed by atoms with Crippen LogP contribution in [0.5, 0.6) is 5.75 Å². The molecule has 0 fully saturated rings. The molecule has 0 atom stereocenters. The van der Waals surface area contributed by atoms with Gasteiger partial charge in [0, 0.05) is 30.2 Å². The maximum Gasteiger partial charge on any atom is 0.165 e. The lowest BCUT2D eigenvalue weighted by atomic mass is 10.2. The maximum atomic E-state index is 13.2. The molecule has 0 saturated carbocycles. The fraction of sp³-hybridized carbons (Fsp3) is 0.214. The van der Waals surface area contributed by atoms with E-state index in [-0.39, 0.29) is 11.6 Å². The number of hydrogen-bond acceptors (Lipinski definition) is 3. The second-order valence-corrected chi connectivity index (χ2v) is 4.01. The lowest BCUT2D eigenvalue weighted by Gasteiger charge is -2.08. The molecule has 1 heterocycles. The van der Waals surface area contributed by atoms with Crippen molar-refractivity contribution in [2.45, 2.75) is 13.5 Å². The van der Waals surface area contributed by atoms with Crippen LogP contribution in [-0.4, -0.2) is 12.1 Å². The van der Waals surface area contributed by atoms with Crippen molar-refractivity contribution in [3.05, 3.63) is 53.6 Å². The highest BCUT2D eigenvalue weighted by Crippen LogP contribution is 2.21. The Balaban J connectivity index is 2.04. The van der Waals surface area contributed by atoms with Gasteiger partial charge >= 0.3 is 0 Å². The standard InChI is InChI=1S/C14H15FN2O/c1-10-3-4-11(8-16-10)9-17-12-5-6-13(15)14(7-12)18-2/h3-8,17H,9H2,1-2H3. The molecule has 1 N–H and O–H groups in total. The topological polar surface area (TPSA) is 34.1 Å². The van der Waals surface area contributed by atoms with Gasteiger partial charge in [-0.05, 0) is 30.7 Å². The van der Waals surface area contributed by atoms with E-state index in [2.05, 4.69) is 10.3 Å². The summed E-state index contributed by atoms with van der Waals surface area (Å²) in [6, 6.07) is 8.67. The highest BCUT2D eigenvalue weighted by atomic mass is 19.1. The highest BCUT2D eigenvalue weighted by molar-refractivity contribution is 5.49. The van der Waals surface area contributed by atoms with E-state index >= 15 is 0 Å². The number of aryl methyl sites for hydroxylation is 1. The van der Waals surface area contributed by atoms with Crippen molar-refractivity contribution in [2.75, 3.05) is 12.4 Å². The number of nitrogens with one attached hydrogen (secondary N) is 1. The van der Waals surface area contributed by atoms with Gasteiger partial charge in [-0.15, -0.1) is 0 Å². The molecule has 18 heavy (non-hydrogen) atoms. The van der Waals surface area contributed by atoms with Gasteiger partial charge in [0.05, 0.1) is 7.11 Å². The summed E-state index contributed by atoms with van der Waals surface area (Å²) in [6.45, 7) is 2.59. The molecule has 2 rings (SSSR count). The zero-order valence-corrected chi connectivity index (χ0v) is 10.4. The normalized spacial score (nSPS) is 10.2. The molecule has 1 aromatic heterocycles. The molecular weight excluding hydrogens is 231 g/mol. The second-order valence-electron chi connectivity index (χ2n) is 4.01. The Bertz CT molecular complexity index is 526. The fourth-order valence-corrected chi connectivity index (χ4v) is 1.58. The van der Waals surface area contributed by atoms with Gasteiger partial charge < -0.3 is 10.1 Å². The average Bonchev–Trinajstić information content (AvgIpc) is 2.39. The zero-order chi connectivity index (χ0) is 13.0. The van der Waals surface area contributed by atoms with E-state index < -0.39 is 0 Å². The summed E-state index contributed by atoms with van der Waals surface area (Å²) in [5, 5.41) is 3.20. The van der Waals surface area contributed by atoms with Gasteiger partial charge in [0.2, 0.25) is 0 Å². The number of hydrogen-bond donors (Lipinski definition) is 1. The number of anilines is 1.